The van der Waals surface area contributed by atoms with Crippen LogP contribution in [0.2, 0.25) is 0 Å². The summed E-state index contributed by atoms with van der Waals surface area (Å²) in [5.74, 6) is 1.08. The molecule has 1 N–H and O–H groups in total. The van der Waals surface area contributed by atoms with Crippen LogP contribution in [0.15, 0.2) is 46.9 Å². The molecule has 0 radical (unpaired) electrons. The lowest BCUT2D eigenvalue weighted by Crippen LogP contribution is -2.36. The summed E-state index contributed by atoms with van der Waals surface area (Å²) in [5.41, 5.74) is 3.95. The summed E-state index contributed by atoms with van der Waals surface area (Å²) >= 11 is 0. The van der Waals surface area contributed by atoms with Crippen molar-refractivity contribution in [3.63, 3.8) is 0 Å². The minimum Gasteiger partial charge on any atom is -0.497 e. The van der Waals surface area contributed by atoms with Gasteiger partial charge in [-0.25, -0.2) is 0 Å². The van der Waals surface area contributed by atoms with Gasteiger partial charge in [0.25, 0.3) is 5.91 Å². The Kier molecular flexibility index (Phi) is 5.58. The fourth-order valence-electron chi connectivity index (χ4n) is 4.16. The molecule has 152 valence electrons. The normalized spacial score (nSPS) is 15.6. The van der Waals surface area contributed by atoms with Gasteiger partial charge in [-0.3, -0.25) is 9.69 Å². The molecule has 3 aromatic rings. The number of aryl methyl sites for hydroxylation is 2. The smallest absolute Gasteiger partial charge is 0.287 e. The van der Waals surface area contributed by atoms with Gasteiger partial charge >= 0.3 is 0 Å². The number of furan rings is 1. The predicted octanol–water partition coefficient (Wildman–Crippen LogP) is 4.63. The van der Waals surface area contributed by atoms with E-state index >= 15 is 0 Å². The highest BCUT2D eigenvalue weighted by atomic mass is 16.5. The molecule has 1 fully saturated rings. The summed E-state index contributed by atoms with van der Waals surface area (Å²) in [6.07, 6.45) is 2.39. The van der Waals surface area contributed by atoms with E-state index in [1.807, 2.05) is 44.2 Å². The second-order valence-corrected chi connectivity index (χ2v) is 7.80. The van der Waals surface area contributed by atoms with Gasteiger partial charge in [0, 0.05) is 17.5 Å². The number of amides is 1. The highest BCUT2D eigenvalue weighted by molar-refractivity contribution is 5.99. The average molecular weight is 392 g/mol. The topological polar surface area (TPSA) is 54.7 Å². The molecule has 5 heteroatoms. The van der Waals surface area contributed by atoms with E-state index in [1.165, 1.54) is 18.4 Å². The number of hydrogen-bond acceptors (Lipinski definition) is 4. The number of nitrogens with one attached hydrogen (secondary N) is 1. The summed E-state index contributed by atoms with van der Waals surface area (Å²) in [7, 11) is 1.67. The van der Waals surface area contributed by atoms with Crippen LogP contribution in [0, 0.1) is 13.8 Å². The van der Waals surface area contributed by atoms with E-state index in [0.717, 1.165) is 40.9 Å². The quantitative estimate of drug-likeness (QED) is 0.665. The Morgan fingerprint density at radius 2 is 1.86 bits per heavy atom. The molecule has 0 bridgehead atoms. The summed E-state index contributed by atoms with van der Waals surface area (Å²) in [6.45, 7) is 6.61. The van der Waals surface area contributed by atoms with Crippen LogP contribution < -0.4 is 10.1 Å². The fraction of sp³-hybridized carbons (Fsp3) is 0.375. The molecular formula is C24H28N2O3. The van der Waals surface area contributed by atoms with Gasteiger partial charge in [0.2, 0.25) is 0 Å². The lowest BCUT2D eigenvalue weighted by atomic mass is 10.0. The van der Waals surface area contributed by atoms with Crippen molar-refractivity contribution >= 4 is 16.9 Å². The lowest BCUT2D eigenvalue weighted by Gasteiger charge is -2.28. The highest BCUT2D eigenvalue weighted by Gasteiger charge is 2.25. The zero-order valence-electron chi connectivity index (χ0n) is 17.3. The van der Waals surface area contributed by atoms with Gasteiger partial charge in [0.05, 0.1) is 13.2 Å². The van der Waals surface area contributed by atoms with Gasteiger partial charge in [-0.15, -0.1) is 0 Å². The van der Waals surface area contributed by atoms with Crippen LogP contribution in [0.3, 0.4) is 0 Å². The number of fused-ring (bicyclic) bond motifs is 1. The molecule has 0 unspecified atom stereocenters. The first kappa shape index (κ1) is 19.5. The first-order valence-corrected chi connectivity index (χ1v) is 10.2. The van der Waals surface area contributed by atoms with Gasteiger partial charge in [-0.2, -0.15) is 0 Å². The summed E-state index contributed by atoms with van der Waals surface area (Å²) in [4.78, 5) is 15.4. The molecular weight excluding hydrogens is 364 g/mol. The Bertz CT molecular complexity index is 1000. The molecule has 1 aliphatic rings. The van der Waals surface area contributed by atoms with E-state index in [4.69, 9.17) is 9.15 Å². The number of methoxy groups -OCH3 is 1. The van der Waals surface area contributed by atoms with Gasteiger partial charge in [-0.05, 0) is 69.1 Å². The molecule has 1 aromatic heterocycles. The third-order valence-electron chi connectivity index (χ3n) is 5.84. The minimum atomic E-state index is -0.158. The first-order valence-electron chi connectivity index (χ1n) is 10.2. The van der Waals surface area contributed by atoms with Gasteiger partial charge in [0.15, 0.2) is 5.76 Å². The molecule has 0 spiro atoms. The van der Waals surface area contributed by atoms with Crippen LogP contribution in [-0.4, -0.2) is 37.6 Å². The van der Waals surface area contributed by atoms with Crippen molar-refractivity contribution in [1.82, 2.24) is 10.2 Å². The summed E-state index contributed by atoms with van der Waals surface area (Å²) in [5, 5.41) is 4.11. The second kappa shape index (κ2) is 8.29. The number of ether oxygens (including phenoxy) is 1. The van der Waals surface area contributed by atoms with E-state index in [9.17, 15) is 4.79 Å². The summed E-state index contributed by atoms with van der Waals surface area (Å²) in [6, 6.07) is 14.3. The monoisotopic (exact) mass is 392 g/mol. The summed E-state index contributed by atoms with van der Waals surface area (Å²) < 4.78 is 11.2. The van der Waals surface area contributed by atoms with Gasteiger partial charge in [0.1, 0.15) is 11.3 Å². The molecule has 4 rings (SSSR count). The Morgan fingerprint density at radius 1 is 1.14 bits per heavy atom. The van der Waals surface area contributed by atoms with Crippen LogP contribution in [0.5, 0.6) is 5.75 Å². The standard InChI is InChI=1S/C24H28N2O3/c1-16-6-11-20-17(2)23(29-22(20)14-16)24(27)25-15-21(26-12-4-5-13-26)18-7-9-19(28-3)10-8-18/h6-11,14,21H,4-5,12-13,15H2,1-3H3,(H,25,27)/t21-/m1/s1. The zero-order chi connectivity index (χ0) is 20.4. The zero-order valence-corrected chi connectivity index (χ0v) is 17.3. The van der Waals surface area contributed by atoms with Crippen molar-refractivity contribution in [3.8, 4) is 5.75 Å². The van der Waals surface area contributed by atoms with Crippen molar-refractivity contribution in [1.29, 1.82) is 0 Å². The molecule has 1 saturated heterocycles. The number of hydrogen-bond donors (Lipinski definition) is 1. The van der Waals surface area contributed by atoms with Crippen molar-refractivity contribution in [2.45, 2.75) is 32.7 Å². The number of rotatable bonds is 6. The largest absolute Gasteiger partial charge is 0.497 e. The Labute approximate surface area is 171 Å². The maximum absolute atomic E-state index is 12.9. The number of likely N-dealkylation sites (tertiary alicyclic amines) is 1. The molecule has 5 nitrogen and oxygen atoms in total. The molecule has 0 aliphatic carbocycles. The molecule has 1 aliphatic heterocycles. The third kappa shape index (κ3) is 4.01. The van der Waals surface area contributed by atoms with Crippen molar-refractivity contribution in [3.05, 3.63) is 64.9 Å². The van der Waals surface area contributed by atoms with Crippen molar-refractivity contribution < 1.29 is 13.9 Å². The van der Waals surface area contributed by atoms with E-state index in [1.54, 1.807) is 7.11 Å². The number of benzene rings is 2. The number of carbonyl (C=O) groups is 1. The van der Waals surface area contributed by atoms with E-state index in [0.29, 0.717) is 12.3 Å². The maximum Gasteiger partial charge on any atom is 0.287 e. The van der Waals surface area contributed by atoms with Crippen LogP contribution in [-0.2, 0) is 0 Å². The molecule has 0 saturated carbocycles. The van der Waals surface area contributed by atoms with Gasteiger partial charge in [-0.1, -0.05) is 24.3 Å². The Hall–Kier alpha value is -2.79. The minimum absolute atomic E-state index is 0.138. The second-order valence-electron chi connectivity index (χ2n) is 7.80. The van der Waals surface area contributed by atoms with E-state index in [-0.39, 0.29) is 11.9 Å². The van der Waals surface area contributed by atoms with Crippen LogP contribution in [0.1, 0.15) is 46.1 Å². The molecule has 2 heterocycles. The highest BCUT2D eigenvalue weighted by Crippen LogP contribution is 2.28. The Balaban J connectivity index is 1.53. The van der Waals surface area contributed by atoms with E-state index < -0.39 is 0 Å². The van der Waals surface area contributed by atoms with Gasteiger partial charge < -0.3 is 14.5 Å². The third-order valence-corrected chi connectivity index (χ3v) is 5.84. The SMILES string of the molecule is COc1ccc([C@@H](CNC(=O)c2oc3cc(C)ccc3c2C)N2CCCC2)cc1. The first-order chi connectivity index (χ1) is 14.1. The molecule has 2 aromatic carbocycles. The number of nitrogens with zero attached hydrogens (tertiary/aromatic N) is 1. The molecule has 1 amide bonds. The van der Waals surface area contributed by atoms with Crippen LogP contribution in [0.4, 0.5) is 0 Å². The van der Waals surface area contributed by atoms with Crippen molar-refractivity contribution in [2.24, 2.45) is 0 Å². The Morgan fingerprint density at radius 3 is 2.55 bits per heavy atom. The average Bonchev–Trinajstić information content (AvgIpc) is 3.37. The molecule has 29 heavy (non-hydrogen) atoms. The van der Waals surface area contributed by atoms with Crippen LogP contribution in [0.25, 0.3) is 11.0 Å². The molecule has 1 atom stereocenters. The fourth-order valence-corrected chi connectivity index (χ4v) is 4.16. The maximum atomic E-state index is 12.9. The van der Waals surface area contributed by atoms with Crippen molar-refractivity contribution in [2.75, 3.05) is 26.7 Å². The number of carbonyl (C=O) groups excluding carboxylic acids is 1. The predicted molar refractivity (Wildman–Crippen MR) is 115 cm³/mol. The van der Waals surface area contributed by atoms with E-state index in [2.05, 4.69) is 22.3 Å². The van der Waals surface area contributed by atoms with Crippen LogP contribution >= 0.6 is 0 Å². The lowest BCUT2D eigenvalue weighted by molar-refractivity contribution is 0.0911.